The standard InChI is InChI=1S/C17H14O2/c18-17(19)14-8-3-7-13(11-14)16-10-4-6-12-5-1-2-9-15(12)16/h1-3,5,7-11H,4,6H2,(H,18,19). The molecule has 2 aromatic rings. The van der Waals surface area contributed by atoms with Gasteiger partial charge in [-0.3, -0.25) is 0 Å². The summed E-state index contributed by atoms with van der Waals surface area (Å²) >= 11 is 0. The molecule has 0 bridgehead atoms. The van der Waals surface area contributed by atoms with E-state index < -0.39 is 5.97 Å². The predicted octanol–water partition coefficient (Wildman–Crippen LogP) is 3.76. The van der Waals surface area contributed by atoms with E-state index in [4.69, 9.17) is 5.11 Å². The van der Waals surface area contributed by atoms with E-state index in [0.29, 0.717) is 5.56 Å². The van der Waals surface area contributed by atoms with Crippen LogP contribution in [0.4, 0.5) is 0 Å². The van der Waals surface area contributed by atoms with Gasteiger partial charge in [-0.1, -0.05) is 42.5 Å². The number of aryl methyl sites for hydroxylation is 1. The fraction of sp³-hybridized carbons (Fsp3) is 0.118. The number of allylic oxidation sites excluding steroid dienone is 1. The number of hydrogen-bond acceptors (Lipinski definition) is 1. The molecule has 1 aliphatic carbocycles. The monoisotopic (exact) mass is 250 g/mol. The average molecular weight is 250 g/mol. The van der Waals surface area contributed by atoms with Crippen molar-refractivity contribution in [3.05, 3.63) is 76.9 Å². The predicted molar refractivity (Wildman–Crippen MR) is 75.2 cm³/mol. The first-order valence-electron chi connectivity index (χ1n) is 6.38. The SMILES string of the molecule is O=C(O)c1cccc(C2=CCCc3ccccc32)c1. The molecule has 0 fully saturated rings. The molecule has 0 radical (unpaired) electrons. The Kier molecular flexibility index (Phi) is 2.92. The van der Waals surface area contributed by atoms with E-state index in [1.807, 2.05) is 12.1 Å². The summed E-state index contributed by atoms with van der Waals surface area (Å²) in [7, 11) is 0. The highest BCUT2D eigenvalue weighted by Crippen LogP contribution is 2.31. The molecule has 0 aliphatic heterocycles. The lowest BCUT2D eigenvalue weighted by Gasteiger charge is -2.18. The molecular weight excluding hydrogens is 236 g/mol. The second-order valence-electron chi connectivity index (χ2n) is 4.70. The Morgan fingerprint density at radius 2 is 1.89 bits per heavy atom. The Bertz CT molecular complexity index is 668. The summed E-state index contributed by atoms with van der Waals surface area (Å²) in [6.45, 7) is 0. The lowest BCUT2D eigenvalue weighted by atomic mass is 9.86. The van der Waals surface area contributed by atoms with Gasteiger partial charge in [0.15, 0.2) is 0 Å². The summed E-state index contributed by atoms with van der Waals surface area (Å²) in [4.78, 5) is 11.1. The third-order valence-electron chi connectivity index (χ3n) is 3.49. The van der Waals surface area contributed by atoms with Crippen LogP contribution < -0.4 is 0 Å². The second-order valence-corrected chi connectivity index (χ2v) is 4.70. The van der Waals surface area contributed by atoms with E-state index >= 15 is 0 Å². The van der Waals surface area contributed by atoms with Crippen molar-refractivity contribution in [2.24, 2.45) is 0 Å². The highest BCUT2D eigenvalue weighted by atomic mass is 16.4. The number of fused-ring (bicyclic) bond motifs is 1. The van der Waals surface area contributed by atoms with E-state index in [2.05, 4.69) is 24.3 Å². The van der Waals surface area contributed by atoms with Gasteiger partial charge >= 0.3 is 5.97 Å². The number of carboxylic acids is 1. The zero-order valence-electron chi connectivity index (χ0n) is 10.5. The maximum atomic E-state index is 11.1. The summed E-state index contributed by atoms with van der Waals surface area (Å²) < 4.78 is 0. The smallest absolute Gasteiger partial charge is 0.335 e. The van der Waals surface area contributed by atoms with Crippen molar-refractivity contribution in [1.82, 2.24) is 0 Å². The molecule has 2 heteroatoms. The van der Waals surface area contributed by atoms with Crippen molar-refractivity contribution in [1.29, 1.82) is 0 Å². The van der Waals surface area contributed by atoms with E-state index in [-0.39, 0.29) is 0 Å². The Morgan fingerprint density at radius 1 is 1.05 bits per heavy atom. The number of rotatable bonds is 2. The molecule has 0 atom stereocenters. The van der Waals surface area contributed by atoms with E-state index in [1.165, 1.54) is 11.1 Å². The maximum Gasteiger partial charge on any atom is 0.335 e. The molecule has 0 saturated carbocycles. The molecule has 0 saturated heterocycles. The minimum absolute atomic E-state index is 0.335. The Balaban J connectivity index is 2.10. The van der Waals surface area contributed by atoms with Gasteiger partial charge in [0.05, 0.1) is 5.56 Å². The van der Waals surface area contributed by atoms with Crippen LogP contribution in [-0.2, 0) is 6.42 Å². The Morgan fingerprint density at radius 3 is 2.74 bits per heavy atom. The molecule has 0 amide bonds. The quantitative estimate of drug-likeness (QED) is 0.881. The minimum atomic E-state index is -0.883. The van der Waals surface area contributed by atoms with Gasteiger partial charge in [0.1, 0.15) is 0 Å². The molecule has 94 valence electrons. The van der Waals surface area contributed by atoms with Crippen LogP contribution in [0.3, 0.4) is 0 Å². The highest BCUT2D eigenvalue weighted by Gasteiger charge is 2.14. The van der Waals surface area contributed by atoms with Crippen LogP contribution in [0.25, 0.3) is 5.57 Å². The summed E-state index contributed by atoms with van der Waals surface area (Å²) in [5, 5.41) is 9.08. The summed E-state index contributed by atoms with van der Waals surface area (Å²) in [6, 6.07) is 15.5. The van der Waals surface area contributed by atoms with Crippen LogP contribution in [0.1, 0.15) is 33.5 Å². The summed E-state index contributed by atoms with van der Waals surface area (Å²) in [6.07, 6.45) is 4.26. The van der Waals surface area contributed by atoms with Crippen LogP contribution >= 0.6 is 0 Å². The lowest BCUT2D eigenvalue weighted by molar-refractivity contribution is 0.0697. The number of carboxylic acid groups (broad SMARTS) is 1. The van der Waals surface area contributed by atoms with Crippen LogP contribution in [-0.4, -0.2) is 11.1 Å². The van der Waals surface area contributed by atoms with Gasteiger partial charge in [-0.05, 0) is 47.2 Å². The fourth-order valence-electron chi connectivity index (χ4n) is 2.58. The van der Waals surface area contributed by atoms with E-state index in [0.717, 1.165) is 24.0 Å². The molecule has 19 heavy (non-hydrogen) atoms. The van der Waals surface area contributed by atoms with E-state index in [1.54, 1.807) is 18.2 Å². The lowest BCUT2D eigenvalue weighted by Crippen LogP contribution is -2.02. The van der Waals surface area contributed by atoms with Crippen LogP contribution in [0.2, 0.25) is 0 Å². The Labute approximate surface area is 112 Å². The van der Waals surface area contributed by atoms with Crippen molar-refractivity contribution in [2.75, 3.05) is 0 Å². The van der Waals surface area contributed by atoms with Crippen molar-refractivity contribution in [3.8, 4) is 0 Å². The van der Waals surface area contributed by atoms with Crippen molar-refractivity contribution < 1.29 is 9.90 Å². The van der Waals surface area contributed by atoms with Gasteiger partial charge in [-0.2, -0.15) is 0 Å². The second kappa shape index (κ2) is 4.73. The average Bonchev–Trinajstić information content (AvgIpc) is 2.47. The van der Waals surface area contributed by atoms with Gasteiger partial charge in [-0.15, -0.1) is 0 Å². The van der Waals surface area contributed by atoms with Gasteiger partial charge in [0.2, 0.25) is 0 Å². The normalized spacial score (nSPS) is 13.6. The van der Waals surface area contributed by atoms with Gasteiger partial charge in [0, 0.05) is 0 Å². The number of aromatic carboxylic acids is 1. The molecule has 2 nitrogen and oxygen atoms in total. The van der Waals surface area contributed by atoms with Crippen LogP contribution in [0, 0.1) is 0 Å². The third kappa shape index (κ3) is 2.17. The third-order valence-corrected chi connectivity index (χ3v) is 3.49. The molecule has 0 spiro atoms. The molecule has 0 aromatic heterocycles. The van der Waals surface area contributed by atoms with Gasteiger partial charge in [-0.25, -0.2) is 4.79 Å². The zero-order chi connectivity index (χ0) is 13.2. The van der Waals surface area contributed by atoms with Gasteiger partial charge < -0.3 is 5.11 Å². The first-order valence-corrected chi connectivity index (χ1v) is 6.38. The van der Waals surface area contributed by atoms with Crippen molar-refractivity contribution in [3.63, 3.8) is 0 Å². The van der Waals surface area contributed by atoms with E-state index in [9.17, 15) is 4.79 Å². The number of hydrogen-bond donors (Lipinski definition) is 1. The zero-order valence-corrected chi connectivity index (χ0v) is 10.5. The molecule has 3 rings (SSSR count). The molecular formula is C17H14O2. The Hall–Kier alpha value is -2.35. The molecule has 0 unspecified atom stereocenters. The van der Waals surface area contributed by atoms with Crippen LogP contribution in [0.5, 0.6) is 0 Å². The molecule has 1 N–H and O–H groups in total. The van der Waals surface area contributed by atoms with Crippen molar-refractivity contribution in [2.45, 2.75) is 12.8 Å². The highest BCUT2D eigenvalue weighted by molar-refractivity contribution is 5.90. The molecule has 1 aliphatic rings. The topological polar surface area (TPSA) is 37.3 Å². The summed E-state index contributed by atoms with van der Waals surface area (Å²) in [5.74, 6) is -0.883. The van der Waals surface area contributed by atoms with Crippen molar-refractivity contribution >= 4 is 11.5 Å². The van der Waals surface area contributed by atoms with Crippen LogP contribution in [0.15, 0.2) is 54.6 Å². The largest absolute Gasteiger partial charge is 0.478 e. The first-order chi connectivity index (χ1) is 9.25. The van der Waals surface area contributed by atoms with Gasteiger partial charge in [0.25, 0.3) is 0 Å². The first kappa shape index (κ1) is 11.7. The summed E-state index contributed by atoms with van der Waals surface area (Å²) in [5.41, 5.74) is 5.01. The number of carbonyl (C=O) groups is 1. The number of benzene rings is 2. The fourth-order valence-corrected chi connectivity index (χ4v) is 2.58. The maximum absolute atomic E-state index is 11.1. The minimum Gasteiger partial charge on any atom is -0.478 e. The molecule has 0 heterocycles. The molecule has 2 aromatic carbocycles.